The Bertz CT molecular complexity index is 935. The van der Waals surface area contributed by atoms with Crippen molar-refractivity contribution >= 4 is 5.91 Å². The highest BCUT2D eigenvalue weighted by Crippen LogP contribution is 2.25. The third kappa shape index (κ3) is 3.56. The molecular formula is C21H22N4O2. The molecule has 1 amide bonds. The Morgan fingerprint density at radius 1 is 1.00 bits per heavy atom. The minimum atomic E-state index is -0.303. The number of rotatable bonds is 5. The minimum Gasteiger partial charge on any atom is -0.508 e. The van der Waals surface area contributed by atoms with Crippen molar-refractivity contribution in [1.29, 1.82) is 0 Å². The summed E-state index contributed by atoms with van der Waals surface area (Å²) in [4.78, 5) is 14.7. The molecule has 138 valence electrons. The molecule has 0 saturated heterocycles. The van der Waals surface area contributed by atoms with Crippen LogP contribution in [-0.2, 0) is 30.7 Å². The van der Waals surface area contributed by atoms with E-state index in [1.54, 1.807) is 12.1 Å². The Hall–Kier alpha value is -3.15. The van der Waals surface area contributed by atoms with Crippen LogP contribution in [0.25, 0.3) is 0 Å². The molecule has 27 heavy (non-hydrogen) atoms. The fraction of sp³-hybridized carbons (Fsp3) is 0.286. The predicted molar refractivity (Wildman–Crippen MR) is 101 cm³/mol. The second kappa shape index (κ2) is 7.23. The van der Waals surface area contributed by atoms with Gasteiger partial charge in [-0.15, -0.1) is 10.2 Å². The van der Waals surface area contributed by atoms with Gasteiger partial charge < -0.3 is 14.6 Å². The van der Waals surface area contributed by atoms with Crippen LogP contribution in [-0.4, -0.2) is 30.7 Å². The molecule has 0 aliphatic carbocycles. The molecule has 2 aromatic carbocycles. The highest BCUT2D eigenvalue weighted by Gasteiger charge is 2.32. The number of fused-ring (bicyclic) bond motifs is 1. The van der Waals surface area contributed by atoms with Gasteiger partial charge in [0.1, 0.15) is 17.6 Å². The molecular weight excluding hydrogens is 340 g/mol. The summed E-state index contributed by atoms with van der Waals surface area (Å²) in [5.41, 5.74) is 2.23. The van der Waals surface area contributed by atoms with E-state index >= 15 is 0 Å². The quantitative estimate of drug-likeness (QED) is 0.758. The number of aryl methyl sites for hydroxylation is 2. The van der Waals surface area contributed by atoms with E-state index in [1.807, 2.05) is 58.9 Å². The number of hydrogen-bond donors (Lipinski definition) is 1. The maximum atomic E-state index is 12.9. The maximum absolute atomic E-state index is 12.9. The number of phenols is 1. The monoisotopic (exact) mass is 362 g/mol. The van der Waals surface area contributed by atoms with E-state index in [0.29, 0.717) is 19.5 Å². The number of carbonyl (C=O) groups is 1. The fourth-order valence-corrected chi connectivity index (χ4v) is 3.57. The Labute approximate surface area is 158 Å². The van der Waals surface area contributed by atoms with Gasteiger partial charge in [0.25, 0.3) is 0 Å². The van der Waals surface area contributed by atoms with E-state index < -0.39 is 0 Å². The second-order valence-corrected chi connectivity index (χ2v) is 6.92. The van der Waals surface area contributed by atoms with Crippen molar-refractivity contribution < 1.29 is 9.90 Å². The van der Waals surface area contributed by atoms with Gasteiger partial charge in [-0.3, -0.25) is 4.79 Å². The van der Waals surface area contributed by atoms with Crippen molar-refractivity contribution in [3.8, 4) is 5.75 Å². The molecule has 0 bridgehead atoms. The lowest BCUT2D eigenvalue weighted by molar-refractivity contribution is -0.137. The molecule has 0 radical (unpaired) electrons. The fourth-order valence-electron chi connectivity index (χ4n) is 3.57. The normalized spacial score (nSPS) is 16.4. The number of aromatic hydroxyl groups is 1. The molecule has 6 heteroatoms. The molecule has 0 spiro atoms. The topological polar surface area (TPSA) is 71.2 Å². The number of hydrogen-bond acceptors (Lipinski definition) is 4. The van der Waals surface area contributed by atoms with Gasteiger partial charge >= 0.3 is 0 Å². The maximum Gasteiger partial charge on any atom is 0.246 e. The van der Waals surface area contributed by atoms with Gasteiger partial charge in [0.2, 0.25) is 5.91 Å². The Morgan fingerprint density at radius 2 is 1.74 bits per heavy atom. The lowest BCUT2D eigenvalue weighted by atomic mass is 10.1. The number of phenolic OH excluding ortho intramolecular Hbond substituents is 1. The summed E-state index contributed by atoms with van der Waals surface area (Å²) in [6, 6.07) is 16.9. The third-order valence-electron chi connectivity index (χ3n) is 5.02. The first kappa shape index (κ1) is 17.3. The highest BCUT2D eigenvalue weighted by atomic mass is 16.3. The molecule has 0 fully saturated rings. The van der Waals surface area contributed by atoms with Gasteiger partial charge in [-0.1, -0.05) is 42.5 Å². The van der Waals surface area contributed by atoms with Gasteiger partial charge in [-0.2, -0.15) is 0 Å². The largest absolute Gasteiger partial charge is 0.508 e. The van der Waals surface area contributed by atoms with E-state index in [-0.39, 0.29) is 17.7 Å². The Morgan fingerprint density at radius 3 is 2.48 bits per heavy atom. The van der Waals surface area contributed by atoms with Crippen molar-refractivity contribution in [2.75, 3.05) is 0 Å². The van der Waals surface area contributed by atoms with Gasteiger partial charge in [-0.05, 0) is 36.6 Å². The van der Waals surface area contributed by atoms with E-state index in [9.17, 15) is 9.90 Å². The van der Waals surface area contributed by atoms with Crippen LogP contribution in [0.2, 0.25) is 0 Å². The first-order chi connectivity index (χ1) is 13.1. The summed E-state index contributed by atoms with van der Waals surface area (Å²) in [5, 5.41) is 18.1. The predicted octanol–water partition coefficient (Wildman–Crippen LogP) is 2.87. The number of aromatic nitrogens is 3. The average molecular weight is 362 g/mol. The zero-order valence-electron chi connectivity index (χ0n) is 15.2. The molecule has 0 unspecified atom stereocenters. The summed E-state index contributed by atoms with van der Waals surface area (Å²) in [6.07, 6.45) is 1.49. The van der Waals surface area contributed by atoms with Gasteiger partial charge in [-0.25, -0.2) is 0 Å². The molecule has 3 aromatic rings. The lowest BCUT2D eigenvalue weighted by Gasteiger charge is -2.32. The molecule has 4 rings (SSSR count). The molecule has 6 nitrogen and oxygen atoms in total. The third-order valence-corrected chi connectivity index (χ3v) is 5.02. The van der Waals surface area contributed by atoms with Crippen LogP contribution in [0.15, 0.2) is 54.6 Å². The van der Waals surface area contributed by atoms with Gasteiger partial charge in [0.05, 0.1) is 6.54 Å². The zero-order valence-corrected chi connectivity index (χ0v) is 15.2. The summed E-state index contributed by atoms with van der Waals surface area (Å²) in [5.74, 6) is 2.02. The van der Waals surface area contributed by atoms with Crippen LogP contribution in [0.1, 0.15) is 35.7 Å². The van der Waals surface area contributed by atoms with Crippen molar-refractivity contribution in [2.24, 2.45) is 0 Å². The minimum absolute atomic E-state index is 0.0945. The summed E-state index contributed by atoms with van der Waals surface area (Å²) in [7, 11) is 0. The molecule has 1 N–H and O–H groups in total. The van der Waals surface area contributed by atoms with Crippen molar-refractivity contribution in [3.05, 3.63) is 77.4 Å². The van der Waals surface area contributed by atoms with Gasteiger partial charge in [0.15, 0.2) is 5.82 Å². The second-order valence-electron chi connectivity index (χ2n) is 6.92. The van der Waals surface area contributed by atoms with Gasteiger partial charge in [0, 0.05) is 13.0 Å². The molecule has 1 aliphatic heterocycles. The van der Waals surface area contributed by atoms with Crippen LogP contribution in [0.5, 0.6) is 5.75 Å². The van der Waals surface area contributed by atoms with Crippen LogP contribution in [0.3, 0.4) is 0 Å². The lowest BCUT2D eigenvalue weighted by Crippen LogP contribution is -2.41. The SMILES string of the molecule is C[C@H]1C(=O)N(Cc2ccccc2)Cc2nnc(CCc3ccc(O)cc3)n21. The van der Waals surface area contributed by atoms with E-state index in [4.69, 9.17) is 0 Å². The summed E-state index contributed by atoms with van der Waals surface area (Å²) >= 11 is 0. The smallest absolute Gasteiger partial charge is 0.246 e. The Kier molecular flexibility index (Phi) is 4.62. The standard InChI is InChI=1S/C21H22N4O2/c1-15-21(27)24(13-17-5-3-2-4-6-17)14-20-23-22-19(25(15)20)12-9-16-7-10-18(26)11-8-16/h2-8,10-11,15,26H,9,12-14H2,1H3/t15-/m0/s1. The molecule has 1 atom stereocenters. The first-order valence-corrected chi connectivity index (χ1v) is 9.15. The molecule has 1 aromatic heterocycles. The first-order valence-electron chi connectivity index (χ1n) is 9.15. The van der Waals surface area contributed by atoms with Crippen molar-refractivity contribution in [2.45, 2.75) is 38.9 Å². The van der Waals surface area contributed by atoms with Crippen molar-refractivity contribution in [3.63, 3.8) is 0 Å². The number of amides is 1. The number of nitrogens with zero attached hydrogens (tertiary/aromatic N) is 4. The van der Waals surface area contributed by atoms with E-state index in [0.717, 1.165) is 29.2 Å². The molecule has 0 saturated carbocycles. The van der Waals surface area contributed by atoms with E-state index in [1.165, 1.54) is 0 Å². The summed E-state index contributed by atoms with van der Waals surface area (Å²) < 4.78 is 1.98. The van der Waals surface area contributed by atoms with Crippen LogP contribution < -0.4 is 0 Å². The number of benzene rings is 2. The molecule has 1 aliphatic rings. The van der Waals surface area contributed by atoms with Crippen molar-refractivity contribution in [1.82, 2.24) is 19.7 Å². The van der Waals surface area contributed by atoms with E-state index in [2.05, 4.69) is 10.2 Å². The van der Waals surface area contributed by atoms with Crippen LogP contribution in [0.4, 0.5) is 0 Å². The summed E-state index contributed by atoms with van der Waals surface area (Å²) in [6.45, 7) is 2.97. The number of carbonyl (C=O) groups excluding carboxylic acids is 1. The highest BCUT2D eigenvalue weighted by molar-refractivity contribution is 5.81. The van der Waals surface area contributed by atoms with Crippen LogP contribution in [0, 0.1) is 0 Å². The Balaban J connectivity index is 1.50. The van der Waals surface area contributed by atoms with Crippen LogP contribution >= 0.6 is 0 Å². The average Bonchev–Trinajstić information content (AvgIpc) is 3.09. The zero-order chi connectivity index (χ0) is 18.8. The molecule has 2 heterocycles.